The average molecular weight is 485 g/mol. The van der Waals surface area contributed by atoms with Gasteiger partial charge in [-0.3, -0.25) is 0 Å². The number of benzene rings is 3. The van der Waals surface area contributed by atoms with Crippen molar-refractivity contribution in [2.45, 2.75) is 0 Å². The maximum absolute atomic E-state index is 5.93. The van der Waals surface area contributed by atoms with Gasteiger partial charge in [0.05, 0.1) is 20.4 Å². The molecule has 0 amide bonds. The summed E-state index contributed by atoms with van der Waals surface area (Å²) in [5.74, 6) is 0. The number of nitrogen functional groups attached to an aromatic ring is 1. The van der Waals surface area contributed by atoms with Crippen molar-refractivity contribution in [1.82, 2.24) is 9.97 Å². The minimum Gasteiger partial charge on any atom is -0.398 e. The molecule has 3 nitrogen and oxygen atoms in total. The second-order valence-electron chi connectivity index (χ2n) is 5.92. The zero-order valence-corrected chi connectivity index (χ0v) is 17.2. The number of nitrogens with zero attached hydrogens (tertiary/aromatic N) is 2. The van der Waals surface area contributed by atoms with Gasteiger partial charge in [0.1, 0.15) is 10.0 Å². The van der Waals surface area contributed by atoms with E-state index in [0.29, 0.717) is 0 Å². The normalized spacial score (nSPS) is 11.4. The topological polar surface area (TPSA) is 51.8 Å². The number of halogens is 1. The van der Waals surface area contributed by atoms with Crippen molar-refractivity contribution < 1.29 is 0 Å². The third-order valence-electron chi connectivity index (χ3n) is 4.18. The molecule has 0 aliphatic rings. The van der Waals surface area contributed by atoms with E-state index in [1.807, 2.05) is 18.2 Å². The summed E-state index contributed by atoms with van der Waals surface area (Å²) in [4.78, 5) is 9.55. The van der Waals surface area contributed by atoms with Crippen molar-refractivity contribution in [2.24, 2.45) is 0 Å². The number of rotatable bonds is 2. The molecule has 2 heterocycles. The predicted octanol–water partition coefficient (Wildman–Crippen LogP) is 6.43. The van der Waals surface area contributed by atoms with Gasteiger partial charge in [-0.05, 0) is 71.1 Å². The highest BCUT2D eigenvalue weighted by Gasteiger charge is 2.11. The van der Waals surface area contributed by atoms with E-state index in [1.165, 1.54) is 9.40 Å². The molecule has 2 N–H and O–H groups in total. The highest BCUT2D eigenvalue weighted by atomic mass is 127. The number of aromatic nitrogens is 2. The van der Waals surface area contributed by atoms with Crippen LogP contribution in [-0.4, -0.2) is 9.97 Å². The van der Waals surface area contributed by atoms with Crippen LogP contribution in [0.3, 0.4) is 0 Å². The molecule has 0 atom stereocenters. The number of hydrogen-bond acceptors (Lipinski definition) is 5. The Morgan fingerprint density at radius 1 is 0.731 bits per heavy atom. The van der Waals surface area contributed by atoms with Crippen LogP contribution in [0.5, 0.6) is 0 Å². The molecule has 126 valence electrons. The number of anilines is 1. The van der Waals surface area contributed by atoms with Crippen LogP contribution < -0.4 is 5.73 Å². The van der Waals surface area contributed by atoms with Crippen molar-refractivity contribution in [3.05, 3.63) is 64.2 Å². The lowest BCUT2D eigenvalue weighted by molar-refractivity contribution is 1.46. The Balaban J connectivity index is 1.60. The predicted molar refractivity (Wildman–Crippen MR) is 121 cm³/mol. The van der Waals surface area contributed by atoms with Crippen LogP contribution in [0.1, 0.15) is 0 Å². The summed E-state index contributed by atoms with van der Waals surface area (Å²) in [5, 5.41) is 2.06. The third-order valence-corrected chi connectivity index (χ3v) is 7.26. The summed E-state index contributed by atoms with van der Waals surface area (Å²) < 4.78 is 3.43. The van der Waals surface area contributed by atoms with Gasteiger partial charge in [0.2, 0.25) is 0 Å². The van der Waals surface area contributed by atoms with Crippen molar-refractivity contribution in [1.29, 1.82) is 0 Å². The maximum Gasteiger partial charge on any atom is 0.124 e. The van der Waals surface area contributed by atoms with Crippen molar-refractivity contribution >= 4 is 71.4 Å². The van der Waals surface area contributed by atoms with Crippen molar-refractivity contribution in [3.8, 4) is 21.1 Å². The second-order valence-corrected chi connectivity index (χ2v) is 9.15. The monoisotopic (exact) mass is 485 g/mol. The zero-order chi connectivity index (χ0) is 17.7. The van der Waals surface area contributed by atoms with Gasteiger partial charge >= 0.3 is 0 Å². The van der Waals surface area contributed by atoms with Gasteiger partial charge in [-0.25, -0.2) is 9.97 Å². The minimum absolute atomic E-state index is 0.800. The van der Waals surface area contributed by atoms with E-state index in [0.717, 1.165) is 41.4 Å². The Hall–Kier alpha value is -2.03. The van der Waals surface area contributed by atoms with E-state index < -0.39 is 0 Å². The molecular formula is C20H12IN3S2. The minimum atomic E-state index is 0.800. The summed E-state index contributed by atoms with van der Waals surface area (Å²) in [7, 11) is 0. The largest absolute Gasteiger partial charge is 0.398 e. The number of thiazole rings is 2. The van der Waals surface area contributed by atoms with Crippen molar-refractivity contribution in [2.75, 3.05) is 5.73 Å². The van der Waals surface area contributed by atoms with Gasteiger partial charge in [0.25, 0.3) is 0 Å². The van der Waals surface area contributed by atoms with Crippen molar-refractivity contribution in [3.63, 3.8) is 0 Å². The molecule has 0 unspecified atom stereocenters. The van der Waals surface area contributed by atoms with Crippen LogP contribution in [0, 0.1) is 3.57 Å². The van der Waals surface area contributed by atoms with Gasteiger partial charge in [-0.15, -0.1) is 22.7 Å². The van der Waals surface area contributed by atoms with Gasteiger partial charge in [0.15, 0.2) is 0 Å². The summed E-state index contributed by atoms with van der Waals surface area (Å²) in [6.45, 7) is 0. The van der Waals surface area contributed by atoms with Gasteiger partial charge < -0.3 is 5.73 Å². The van der Waals surface area contributed by atoms with E-state index >= 15 is 0 Å². The Morgan fingerprint density at radius 3 is 2.15 bits per heavy atom. The Kier molecular flexibility index (Phi) is 3.91. The second kappa shape index (κ2) is 6.29. The van der Waals surface area contributed by atoms with E-state index in [2.05, 4.69) is 65.1 Å². The lowest BCUT2D eigenvalue weighted by Crippen LogP contribution is -1.88. The van der Waals surface area contributed by atoms with E-state index in [9.17, 15) is 0 Å². The molecule has 0 bridgehead atoms. The highest BCUT2D eigenvalue weighted by molar-refractivity contribution is 14.1. The molecule has 0 saturated carbocycles. The summed E-state index contributed by atoms with van der Waals surface area (Å²) >= 11 is 5.69. The first-order valence-corrected chi connectivity index (χ1v) is 10.7. The molecule has 2 aromatic heterocycles. The SMILES string of the molecule is Nc1ccc(-c2nc3ccc(-c4nc5ccccc5s4)cc3s2)cc1I. The fourth-order valence-electron chi connectivity index (χ4n) is 2.84. The smallest absolute Gasteiger partial charge is 0.124 e. The van der Waals surface area contributed by atoms with Crippen LogP contribution in [-0.2, 0) is 0 Å². The van der Waals surface area contributed by atoms with E-state index in [4.69, 9.17) is 15.7 Å². The fraction of sp³-hybridized carbons (Fsp3) is 0. The Bertz CT molecular complexity index is 1240. The standard InChI is InChI=1S/C20H12IN3S2/c21-13-9-11(5-7-14(13)22)19-24-16-8-6-12(10-18(16)26-19)20-23-15-3-1-2-4-17(15)25-20/h1-10H,22H2. The van der Waals surface area contributed by atoms with Crippen LogP contribution >= 0.6 is 45.3 Å². The quantitative estimate of drug-likeness (QED) is 0.232. The molecule has 0 fully saturated rings. The highest BCUT2D eigenvalue weighted by Crippen LogP contribution is 2.36. The first-order chi connectivity index (χ1) is 12.7. The molecule has 6 heteroatoms. The van der Waals surface area contributed by atoms with Gasteiger partial charge in [-0.2, -0.15) is 0 Å². The number of nitrogens with two attached hydrogens (primary N) is 1. The zero-order valence-electron chi connectivity index (χ0n) is 13.4. The van der Waals surface area contributed by atoms with Crippen LogP contribution in [0.2, 0.25) is 0 Å². The molecule has 5 aromatic rings. The molecule has 3 aromatic carbocycles. The maximum atomic E-state index is 5.93. The molecule has 5 rings (SSSR count). The fourth-order valence-corrected chi connectivity index (χ4v) is 5.32. The number of hydrogen-bond donors (Lipinski definition) is 1. The van der Waals surface area contributed by atoms with Crippen LogP contribution in [0.15, 0.2) is 60.7 Å². The summed E-state index contributed by atoms with van der Waals surface area (Å²) in [6.07, 6.45) is 0. The molecule has 0 aliphatic carbocycles. The Labute approximate surface area is 171 Å². The van der Waals surface area contributed by atoms with Crippen LogP contribution in [0.4, 0.5) is 5.69 Å². The van der Waals surface area contributed by atoms with Crippen LogP contribution in [0.25, 0.3) is 41.6 Å². The lowest BCUT2D eigenvalue weighted by Gasteiger charge is -2.00. The first kappa shape index (κ1) is 16.2. The Morgan fingerprint density at radius 2 is 1.38 bits per heavy atom. The lowest BCUT2D eigenvalue weighted by atomic mass is 10.2. The molecule has 0 radical (unpaired) electrons. The number of fused-ring (bicyclic) bond motifs is 2. The molecule has 26 heavy (non-hydrogen) atoms. The van der Waals surface area contributed by atoms with Gasteiger partial charge in [0, 0.05) is 20.4 Å². The summed E-state index contributed by atoms with van der Waals surface area (Å²) in [5.41, 5.74) is 11.0. The third kappa shape index (κ3) is 2.78. The van der Waals surface area contributed by atoms with Gasteiger partial charge in [-0.1, -0.05) is 12.1 Å². The summed E-state index contributed by atoms with van der Waals surface area (Å²) in [6, 6.07) is 20.7. The van der Waals surface area contributed by atoms with E-state index in [-0.39, 0.29) is 0 Å². The molecule has 0 saturated heterocycles. The van der Waals surface area contributed by atoms with E-state index in [1.54, 1.807) is 22.7 Å². The average Bonchev–Trinajstić information content (AvgIpc) is 3.27. The number of para-hydroxylation sites is 1. The molecular weight excluding hydrogens is 473 g/mol. The molecule has 0 spiro atoms. The molecule has 0 aliphatic heterocycles. The first-order valence-electron chi connectivity index (χ1n) is 7.99.